The van der Waals surface area contributed by atoms with E-state index in [1.807, 2.05) is 13.0 Å². The average molecular weight is 253 g/mol. The van der Waals surface area contributed by atoms with Crippen molar-refractivity contribution < 1.29 is 9.50 Å². The Bertz CT molecular complexity index is 352. The second kappa shape index (κ2) is 7.49. The Balaban J connectivity index is 2.48. The van der Waals surface area contributed by atoms with E-state index >= 15 is 0 Å². The number of benzene rings is 1. The fourth-order valence-electron chi connectivity index (χ4n) is 2.19. The molecule has 2 unspecified atom stereocenters. The number of hydrogen-bond acceptors (Lipinski definition) is 2. The molecule has 0 aliphatic rings. The Morgan fingerprint density at radius 2 is 1.94 bits per heavy atom. The van der Waals surface area contributed by atoms with Crippen LogP contribution in [0.5, 0.6) is 0 Å². The van der Waals surface area contributed by atoms with E-state index in [9.17, 15) is 9.50 Å². The van der Waals surface area contributed by atoms with Crippen molar-refractivity contribution in [3.8, 4) is 0 Å². The van der Waals surface area contributed by atoms with Crippen LogP contribution in [0.3, 0.4) is 0 Å². The van der Waals surface area contributed by atoms with Gasteiger partial charge in [-0.05, 0) is 30.5 Å². The Labute approximate surface area is 109 Å². The number of aliphatic hydroxyl groups is 1. The first kappa shape index (κ1) is 15.1. The molecule has 102 valence electrons. The standard InChI is InChI=1S/C15H24FNO/c1-4-12(5-2)15(18)10-17-11(3)13-7-6-8-14(16)9-13/h6-9,11-12,15,17-18H,4-5,10H2,1-3H3. The van der Waals surface area contributed by atoms with Crippen molar-refractivity contribution in [2.24, 2.45) is 5.92 Å². The zero-order valence-electron chi connectivity index (χ0n) is 11.5. The van der Waals surface area contributed by atoms with Crippen molar-refractivity contribution in [1.29, 1.82) is 0 Å². The molecule has 0 radical (unpaired) electrons. The van der Waals surface area contributed by atoms with E-state index < -0.39 is 0 Å². The third-order valence-corrected chi connectivity index (χ3v) is 3.57. The first-order valence-corrected chi connectivity index (χ1v) is 6.75. The molecule has 0 aliphatic carbocycles. The van der Waals surface area contributed by atoms with Crippen LogP contribution in [0.2, 0.25) is 0 Å². The molecule has 1 rings (SSSR count). The van der Waals surface area contributed by atoms with E-state index in [1.54, 1.807) is 6.07 Å². The zero-order valence-corrected chi connectivity index (χ0v) is 11.5. The highest BCUT2D eigenvalue weighted by molar-refractivity contribution is 5.19. The monoisotopic (exact) mass is 253 g/mol. The van der Waals surface area contributed by atoms with Gasteiger partial charge >= 0.3 is 0 Å². The van der Waals surface area contributed by atoms with Crippen LogP contribution in [0.25, 0.3) is 0 Å². The van der Waals surface area contributed by atoms with Gasteiger partial charge in [0.25, 0.3) is 0 Å². The number of halogens is 1. The summed E-state index contributed by atoms with van der Waals surface area (Å²) in [6, 6.07) is 6.62. The lowest BCUT2D eigenvalue weighted by Crippen LogP contribution is -2.33. The predicted molar refractivity (Wildman–Crippen MR) is 72.9 cm³/mol. The van der Waals surface area contributed by atoms with Gasteiger partial charge in [0.05, 0.1) is 6.10 Å². The van der Waals surface area contributed by atoms with Crippen molar-refractivity contribution >= 4 is 0 Å². The van der Waals surface area contributed by atoms with Crippen LogP contribution < -0.4 is 5.32 Å². The maximum atomic E-state index is 13.1. The van der Waals surface area contributed by atoms with Gasteiger partial charge in [-0.1, -0.05) is 38.8 Å². The van der Waals surface area contributed by atoms with Gasteiger partial charge in [-0.2, -0.15) is 0 Å². The summed E-state index contributed by atoms with van der Waals surface area (Å²) in [5, 5.41) is 13.3. The van der Waals surface area contributed by atoms with Crippen LogP contribution in [-0.2, 0) is 0 Å². The Morgan fingerprint density at radius 3 is 2.50 bits per heavy atom. The molecule has 0 heterocycles. The molecule has 0 fully saturated rings. The lowest BCUT2D eigenvalue weighted by atomic mass is 9.96. The molecule has 0 saturated heterocycles. The number of nitrogens with one attached hydrogen (secondary N) is 1. The smallest absolute Gasteiger partial charge is 0.123 e. The SMILES string of the molecule is CCC(CC)C(O)CNC(C)c1cccc(F)c1. The molecule has 0 aromatic heterocycles. The van der Waals surface area contributed by atoms with Crippen LogP contribution in [0, 0.1) is 11.7 Å². The summed E-state index contributed by atoms with van der Waals surface area (Å²) < 4.78 is 13.1. The molecule has 0 aliphatic heterocycles. The van der Waals surface area contributed by atoms with Gasteiger partial charge in [0.1, 0.15) is 5.82 Å². The van der Waals surface area contributed by atoms with Gasteiger partial charge in [0.15, 0.2) is 0 Å². The summed E-state index contributed by atoms with van der Waals surface area (Å²) in [5.41, 5.74) is 0.909. The van der Waals surface area contributed by atoms with Crippen LogP contribution in [0.4, 0.5) is 4.39 Å². The fourth-order valence-corrected chi connectivity index (χ4v) is 2.19. The van der Waals surface area contributed by atoms with Crippen molar-refractivity contribution in [3.63, 3.8) is 0 Å². The van der Waals surface area contributed by atoms with Crippen LogP contribution >= 0.6 is 0 Å². The molecular weight excluding hydrogens is 229 g/mol. The highest BCUT2D eigenvalue weighted by Crippen LogP contribution is 2.16. The molecule has 0 saturated carbocycles. The highest BCUT2D eigenvalue weighted by Gasteiger charge is 2.16. The second-order valence-corrected chi connectivity index (χ2v) is 4.83. The minimum atomic E-state index is -0.337. The molecule has 0 bridgehead atoms. The Morgan fingerprint density at radius 1 is 1.28 bits per heavy atom. The third-order valence-electron chi connectivity index (χ3n) is 3.57. The van der Waals surface area contributed by atoms with Crippen LogP contribution in [0.15, 0.2) is 24.3 Å². The topological polar surface area (TPSA) is 32.3 Å². The van der Waals surface area contributed by atoms with E-state index in [0.29, 0.717) is 12.5 Å². The molecule has 0 amide bonds. The molecular formula is C15H24FNO. The predicted octanol–water partition coefficient (Wildman–Crippen LogP) is 3.27. The first-order chi connectivity index (χ1) is 8.58. The Kier molecular flexibility index (Phi) is 6.30. The van der Waals surface area contributed by atoms with E-state index in [-0.39, 0.29) is 18.0 Å². The molecule has 18 heavy (non-hydrogen) atoms. The van der Waals surface area contributed by atoms with E-state index in [1.165, 1.54) is 12.1 Å². The van der Waals surface area contributed by atoms with Crippen molar-refractivity contribution in [1.82, 2.24) is 5.32 Å². The maximum absolute atomic E-state index is 13.1. The Hall–Kier alpha value is -0.930. The number of rotatable bonds is 7. The third kappa shape index (κ3) is 4.39. The van der Waals surface area contributed by atoms with E-state index in [2.05, 4.69) is 19.2 Å². The van der Waals surface area contributed by atoms with Gasteiger partial charge in [-0.15, -0.1) is 0 Å². The minimum absolute atomic E-state index is 0.0460. The van der Waals surface area contributed by atoms with Crippen molar-refractivity contribution in [2.75, 3.05) is 6.54 Å². The summed E-state index contributed by atoms with van der Waals surface area (Å²) in [4.78, 5) is 0. The number of aliphatic hydroxyl groups excluding tert-OH is 1. The summed E-state index contributed by atoms with van der Waals surface area (Å²) in [6.45, 7) is 6.71. The van der Waals surface area contributed by atoms with Gasteiger partial charge in [-0.25, -0.2) is 4.39 Å². The minimum Gasteiger partial charge on any atom is -0.392 e. The van der Waals surface area contributed by atoms with Gasteiger partial charge in [0.2, 0.25) is 0 Å². The summed E-state index contributed by atoms with van der Waals surface area (Å²) in [5.74, 6) is 0.110. The molecule has 2 nitrogen and oxygen atoms in total. The molecule has 2 N–H and O–H groups in total. The van der Waals surface area contributed by atoms with Crippen LogP contribution in [-0.4, -0.2) is 17.8 Å². The second-order valence-electron chi connectivity index (χ2n) is 4.83. The molecule has 2 atom stereocenters. The largest absolute Gasteiger partial charge is 0.392 e. The van der Waals surface area contributed by atoms with Gasteiger partial charge in [-0.3, -0.25) is 0 Å². The average Bonchev–Trinajstić information content (AvgIpc) is 2.37. The van der Waals surface area contributed by atoms with Gasteiger partial charge < -0.3 is 10.4 Å². The van der Waals surface area contributed by atoms with Crippen LogP contribution in [0.1, 0.15) is 45.2 Å². The maximum Gasteiger partial charge on any atom is 0.123 e. The van der Waals surface area contributed by atoms with Crippen molar-refractivity contribution in [2.45, 2.75) is 45.8 Å². The normalized spacial score (nSPS) is 14.8. The van der Waals surface area contributed by atoms with Gasteiger partial charge in [0, 0.05) is 12.6 Å². The summed E-state index contributed by atoms with van der Waals surface area (Å²) in [6.07, 6.45) is 1.62. The number of hydrogen-bond donors (Lipinski definition) is 2. The summed E-state index contributed by atoms with van der Waals surface area (Å²) in [7, 11) is 0. The first-order valence-electron chi connectivity index (χ1n) is 6.75. The molecule has 1 aromatic carbocycles. The zero-order chi connectivity index (χ0) is 13.5. The van der Waals surface area contributed by atoms with E-state index in [0.717, 1.165) is 18.4 Å². The summed E-state index contributed by atoms with van der Waals surface area (Å²) >= 11 is 0. The molecule has 3 heteroatoms. The fraction of sp³-hybridized carbons (Fsp3) is 0.600. The molecule has 0 spiro atoms. The van der Waals surface area contributed by atoms with E-state index in [4.69, 9.17) is 0 Å². The quantitative estimate of drug-likeness (QED) is 0.781. The molecule has 1 aromatic rings. The van der Waals surface area contributed by atoms with Crippen molar-refractivity contribution in [3.05, 3.63) is 35.6 Å². The highest BCUT2D eigenvalue weighted by atomic mass is 19.1. The lowest BCUT2D eigenvalue weighted by molar-refractivity contribution is 0.0989. The lowest BCUT2D eigenvalue weighted by Gasteiger charge is -2.23.